The minimum atomic E-state index is 0.816. The summed E-state index contributed by atoms with van der Waals surface area (Å²) >= 11 is 0. The first-order valence-electron chi connectivity index (χ1n) is 6.43. The van der Waals surface area contributed by atoms with Crippen molar-refractivity contribution in [1.82, 2.24) is 0 Å². The van der Waals surface area contributed by atoms with Crippen LogP contribution in [-0.2, 0) is 6.67 Å². The summed E-state index contributed by atoms with van der Waals surface area (Å²) in [7, 11) is 3.85. The molecule has 0 amide bonds. The Balaban J connectivity index is 2.31. The van der Waals surface area contributed by atoms with Gasteiger partial charge in [-0.05, 0) is 23.6 Å². The number of anilines is 1. The Morgan fingerprint density at radius 3 is 2.68 bits per heavy atom. The van der Waals surface area contributed by atoms with E-state index in [1.54, 1.807) is 7.11 Å². The smallest absolute Gasteiger partial charge is 0.369 e. The lowest BCUT2D eigenvalue weighted by atomic mass is 10.0. The van der Waals surface area contributed by atoms with Crippen LogP contribution in [0.25, 0.3) is 21.7 Å². The van der Waals surface area contributed by atoms with Crippen molar-refractivity contribution >= 4 is 27.4 Å². The molecule has 2 heterocycles. The quantitative estimate of drug-likeness (QED) is 0.488. The molecule has 0 aliphatic carbocycles. The van der Waals surface area contributed by atoms with Crippen molar-refractivity contribution in [2.45, 2.75) is 6.67 Å². The standard InChI is InChI=1S/C16H15N2O/c1-17-10-18-14(19-2)9-8-12-7-6-11-4-3-5-13(17)15(11)16(12)18/h3-9H,10H2,1-2H3/q+1. The van der Waals surface area contributed by atoms with Crippen LogP contribution in [0.4, 0.5) is 5.69 Å². The van der Waals surface area contributed by atoms with Gasteiger partial charge in [0.1, 0.15) is 0 Å². The molecule has 19 heavy (non-hydrogen) atoms. The molecule has 94 valence electrons. The summed E-state index contributed by atoms with van der Waals surface area (Å²) in [4.78, 5) is 2.26. The number of nitrogens with zero attached hydrogens (tertiary/aromatic N) is 2. The molecule has 0 N–H and O–H groups in total. The SMILES string of the molecule is COc1ccc2ccc3cccc4c3c2[n+]1CN4C. The molecule has 2 aromatic carbocycles. The molecule has 3 nitrogen and oxygen atoms in total. The Hall–Kier alpha value is -2.29. The molecular formula is C16H15N2O+. The second kappa shape index (κ2) is 3.60. The van der Waals surface area contributed by atoms with Crippen molar-refractivity contribution in [3.8, 4) is 5.88 Å². The summed E-state index contributed by atoms with van der Waals surface area (Å²) in [6, 6.07) is 15.0. The first kappa shape index (κ1) is 10.6. The zero-order chi connectivity index (χ0) is 13.0. The van der Waals surface area contributed by atoms with Gasteiger partial charge in [-0.1, -0.05) is 18.2 Å². The number of benzene rings is 2. The maximum atomic E-state index is 5.51. The number of pyridine rings is 1. The molecule has 0 bridgehead atoms. The van der Waals surface area contributed by atoms with Gasteiger partial charge in [0.25, 0.3) is 0 Å². The van der Waals surface area contributed by atoms with Gasteiger partial charge in [0, 0.05) is 12.4 Å². The minimum Gasteiger partial charge on any atom is -0.448 e. The van der Waals surface area contributed by atoms with E-state index in [1.807, 2.05) is 6.07 Å². The van der Waals surface area contributed by atoms with Crippen LogP contribution in [0.5, 0.6) is 5.88 Å². The molecule has 1 aliphatic rings. The number of aromatic nitrogens is 1. The molecule has 0 fully saturated rings. The van der Waals surface area contributed by atoms with Gasteiger partial charge < -0.3 is 9.64 Å². The molecule has 0 saturated carbocycles. The molecule has 0 unspecified atom stereocenters. The van der Waals surface area contributed by atoms with Crippen molar-refractivity contribution in [3.05, 3.63) is 42.5 Å². The van der Waals surface area contributed by atoms with Gasteiger partial charge >= 0.3 is 5.88 Å². The van der Waals surface area contributed by atoms with Crippen LogP contribution in [0, 0.1) is 0 Å². The van der Waals surface area contributed by atoms with Crippen LogP contribution in [0.3, 0.4) is 0 Å². The fourth-order valence-corrected chi connectivity index (χ4v) is 3.07. The largest absolute Gasteiger partial charge is 0.448 e. The Morgan fingerprint density at radius 2 is 1.84 bits per heavy atom. The predicted octanol–water partition coefficient (Wildman–Crippen LogP) is 2.70. The topological polar surface area (TPSA) is 16.4 Å². The lowest BCUT2D eigenvalue weighted by molar-refractivity contribution is -0.675. The molecule has 3 heteroatoms. The van der Waals surface area contributed by atoms with Crippen molar-refractivity contribution in [2.24, 2.45) is 0 Å². The highest BCUT2D eigenvalue weighted by Gasteiger charge is 2.27. The van der Waals surface area contributed by atoms with E-state index in [0.717, 1.165) is 12.5 Å². The van der Waals surface area contributed by atoms with Crippen LogP contribution in [0.15, 0.2) is 42.5 Å². The van der Waals surface area contributed by atoms with Crippen molar-refractivity contribution < 1.29 is 9.30 Å². The number of ether oxygens (including phenoxy) is 1. The Morgan fingerprint density at radius 1 is 1.05 bits per heavy atom. The third-order valence-electron chi connectivity index (χ3n) is 3.94. The zero-order valence-corrected chi connectivity index (χ0v) is 11.1. The van der Waals surface area contributed by atoms with E-state index in [-0.39, 0.29) is 0 Å². The number of hydrogen-bond donors (Lipinski definition) is 0. The predicted molar refractivity (Wildman–Crippen MR) is 76.6 cm³/mol. The monoisotopic (exact) mass is 251 g/mol. The summed E-state index contributed by atoms with van der Waals surface area (Å²) in [6.07, 6.45) is 0. The first-order valence-corrected chi connectivity index (χ1v) is 6.43. The third-order valence-corrected chi connectivity index (χ3v) is 3.94. The van der Waals surface area contributed by atoms with Crippen LogP contribution >= 0.6 is 0 Å². The average molecular weight is 251 g/mol. The Kier molecular flexibility index (Phi) is 2.01. The van der Waals surface area contributed by atoms with Gasteiger partial charge in [-0.2, -0.15) is 0 Å². The molecule has 3 aromatic rings. The van der Waals surface area contributed by atoms with Crippen LogP contribution in [0.2, 0.25) is 0 Å². The molecule has 0 atom stereocenters. The van der Waals surface area contributed by atoms with Gasteiger partial charge in [-0.15, -0.1) is 4.57 Å². The van der Waals surface area contributed by atoms with Crippen molar-refractivity contribution in [2.75, 3.05) is 19.1 Å². The summed E-state index contributed by atoms with van der Waals surface area (Å²) in [5.41, 5.74) is 2.56. The third kappa shape index (κ3) is 1.30. The van der Waals surface area contributed by atoms with Gasteiger partial charge in [0.05, 0.1) is 24.2 Å². The van der Waals surface area contributed by atoms with Gasteiger partial charge in [0.2, 0.25) is 12.2 Å². The maximum Gasteiger partial charge on any atom is 0.369 e. The molecular weight excluding hydrogens is 236 g/mol. The van der Waals surface area contributed by atoms with Crippen LogP contribution in [-0.4, -0.2) is 14.2 Å². The summed E-state index contributed by atoms with van der Waals surface area (Å²) in [6.45, 7) is 0.816. The number of methoxy groups -OCH3 is 1. The van der Waals surface area contributed by atoms with E-state index in [0.29, 0.717) is 0 Å². The fourth-order valence-electron chi connectivity index (χ4n) is 3.07. The van der Waals surface area contributed by atoms with E-state index < -0.39 is 0 Å². The molecule has 0 radical (unpaired) electrons. The van der Waals surface area contributed by atoms with E-state index >= 15 is 0 Å². The normalized spacial score (nSPS) is 13.5. The van der Waals surface area contributed by atoms with Gasteiger partial charge in [-0.25, -0.2) is 0 Å². The second-order valence-corrected chi connectivity index (χ2v) is 5.02. The maximum absolute atomic E-state index is 5.51. The van der Waals surface area contributed by atoms with Gasteiger partial charge in [-0.3, -0.25) is 0 Å². The Labute approximate surface area is 111 Å². The van der Waals surface area contributed by atoms with E-state index in [9.17, 15) is 0 Å². The van der Waals surface area contributed by atoms with Crippen molar-refractivity contribution in [3.63, 3.8) is 0 Å². The molecule has 0 saturated heterocycles. The molecule has 0 spiro atoms. The summed E-state index contributed by atoms with van der Waals surface area (Å²) in [5.74, 6) is 0.904. The Bertz CT molecular complexity index is 811. The van der Waals surface area contributed by atoms with Crippen LogP contribution < -0.4 is 14.2 Å². The second-order valence-electron chi connectivity index (χ2n) is 5.02. The zero-order valence-electron chi connectivity index (χ0n) is 11.1. The first-order chi connectivity index (χ1) is 9.29. The number of hydrogen-bond acceptors (Lipinski definition) is 2. The summed E-state index contributed by atoms with van der Waals surface area (Å²) in [5, 5.41) is 3.85. The highest BCUT2D eigenvalue weighted by molar-refractivity contribution is 6.10. The van der Waals surface area contributed by atoms with Crippen LogP contribution in [0.1, 0.15) is 0 Å². The van der Waals surface area contributed by atoms with E-state index in [2.05, 4.69) is 52.9 Å². The molecule has 4 rings (SSSR count). The minimum absolute atomic E-state index is 0.816. The molecule has 1 aromatic heterocycles. The fraction of sp³-hybridized carbons (Fsp3) is 0.188. The number of rotatable bonds is 1. The summed E-state index contributed by atoms with van der Waals surface area (Å²) < 4.78 is 7.75. The van der Waals surface area contributed by atoms with Crippen molar-refractivity contribution in [1.29, 1.82) is 0 Å². The average Bonchev–Trinajstić information content (AvgIpc) is 2.45. The highest BCUT2D eigenvalue weighted by atomic mass is 16.5. The van der Waals surface area contributed by atoms with E-state index in [4.69, 9.17) is 4.74 Å². The van der Waals surface area contributed by atoms with E-state index in [1.165, 1.54) is 27.4 Å². The van der Waals surface area contributed by atoms with Gasteiger partial charge in [0.15, 0.2) is 0 Å². The highest BCUT2D eigenvalue weighted by Crippen LogP contribution is 2.34. The molecule has 1 aliphatic heterocycles. The lowest BCUT2D eigenvalue weighted by Crippen LogP contribution is -2.46. The lowest BCUT2D eigenvalue weighted by Gasteiger charge is -2.24.